The molecule has 162 valence electrons. The van der Waals surface area contributed by atoms with Crippen LogP contribution in [0.4, 0.5) is 0 Å². The van der Waals surface area contributed by atoms with Crippen LogP contribution in [0.5, 0.6) is 11.5 Å². The quantitative estimate of drug-likeness (QED) is 0.462. The van der Waals surface area contributed by atoms with Crippen LogP contribution in [0, 0.1) is 5.92 Å². The summed E-state index contributed by atoms with van der Waals surface area (Å²) in [7, 11) is 1.66. The minimum absolute atomic E-state index is 0.0465. The summed E-state index contributed by atoms with van der Waals surface area (Å²) in [5.41, 5.74) is 2.21. The van der Waals surface area contributed by atoms with E-state index < -0.39 is 0 Å². The molecule has 1 amide bonds. The Kier molecular flexibility index (Phi) is 8.50. The average molecular weight is 428 g/mol. The number of carbonyl (C=O) groups is 1. The first kappa shape index (κ1) is 22.5. The Bertz CT molecular complexity index is 811. The SMILES string of the molecule is CCCC[C@H](CC)C(=O)N1CCS[C@@H]1c1ccc(OCc2ccccc2)c(OC)c1. The topological polar surface area (TPSA) is 38.8 Å². The molecule has 5 heteroatoms. The molecular formula is C25H33NO3S. The predicted octanol–water partition coefficient (Wildman–Crippen LogP) is 6.06. The van der Waals surface area contributed by atoms with Gasteiger partial charge in [0.1, 0.15) is 12.0 Å². The Hall–Kier alpha value is -2.14. The fraction of sp³-hybridized carbons (Fsp3) is 0.480. The molecule has 0 aliphatic carbocycles. The summed E-state index contributed by atoms with van der Waals surface area (Å²) in [5, 5.41) is 0.0465. The zero-order chi connectivity index (χ0) is 21.3. The van der Waals surface area contributed by atoms with Crippen LogP contribution >= 0.6 is 11.8 Å². The monoisotopic (exact) mass is 427 g/mol. The highest BCUT2D eigenvalue weighted by Gasteiger charge is 2.34. The summed E-state index contributed by atoms with van der Waals surface area (Å²) in [4.78, 5) is 15.3. The Balaban J connectivity index is 1.73. The number of hydrogen-bond acceptors (Lipinski definition) is 4. The van der Waals surface area contributed by atoms with Crippen LogP contribution in [0.1, 0.15) is 56.0 Å². The standard InChI is InChI=1S/C25H33NO3S/c1-4-6-12-20(5-2)24(27)26-15-16-30-25(26)21-13-14-22(23(17-21)28-3)29-18-19-10-8-7-9-11-19/h7-11,13-14,17,20,25H,4-6,12,15-16,18H2,1-3H3/t20-,25+/m0/s1. The van der Waals surface area contributed by atoms with Crippen LogP contribution in [0.25, 0.3) is 0 Å². The molecule has 2 aromatic rings. The fourth-order valence-electron chi connectivity index (χ4n) is 3.85. The first-order chi connectivity index (χ1) is 14.7. The van der Waals surface area contributed by atoms with E-state index in [1.165, 1.54) is 0 Å². The molecule has 4 nitrogen and oxygen atoms in total. The summed E-state index contributed by atoms with van der Waals surface area (Å²) < 4.78 is 11.6. The smallest absolute Gasteiger partial charge is 0.226 e. The lowest BCUT2D eigenvalue weighted by Gasteiger charge is -2.28. The predicted molar refractivity (Wildman–Crippen MR) is 124 cm³/mol. The van der Waals surface area contributed by atoms with Gasteiger partial charge in [0.25, 0.3) is 0 Å². The van der Waals surface area contributed by atoms with Gasteiger partial charge >= 0.3 is 0 Å². The molecule has 0 saturated carbocycles. The second-order valence-electron chi connectivity index (χ2n) is 7.69. The highest BCUT2D eigenvalue weighted by Crippen LogP contribution is 2.42. The van der Waals surface area contributed by atoms with Crippen LogP contribution in [0.2, 0.25) is 0 Å². The van der Waals surface area contributed by atoms with E-state index in [4.69, 9.17) is 9.47 Å². The van der Waals surface area contributed by atoms with Crippen molar-refractivity contribution in [3.05, 3.63) is 59.7 Å². The maximum atomic E-state index is 13.2. The van der Waals surface area contributed by atoms with E-state index in [0.29, 0.717) is 18.3 Å². The van der Waals surface area contributed by atoms with E-state index in [-0.39, 0.29) is 11.3 Å². The van der Waals surface area contributed by atoms with Crippen LogP contribution in [0.3, 0.4) is 0 Å². The van der Waals surface area contributed by atoms with Crippen molar-refractivity contribution in [2.45, 2.75) is 51.5 Å². The van der Waals surface area contributed by atoms with Gasteiger partial charge in [0.15, 0.2) is 11.5 Å². The third kappa shape index (κ3) is 5.51. The van der Waals surface area contributed by atoms with E-state index in [2.05, 4.69) is 24.8 Å². The van der Waals surface area contributed by atoms with Gasteiger partial charge in [0.2, 0.25) is 5.91 Å². The Morgan fingerprint density at radius 2 is 1.97 bits per heavy atom. The zero-order valence-corrected chi connectivity index (χ0v) is 19.1. The molecule has 1 aliphatic heterocycles. The van der Waals surface area contributed by atoms with Gasteiger partial charge in [-0.15, -0.1) is 11.8 Å². The van der Waals surface area contributed by atoms with Gasteiger partial charge in [0, 0.05) is 18.2 Å². The van der Waals surface area contributed by atoms with Gasteiger partial charge in [-0.25, -0.2) is 0 Å². The summed E-state index contributed by atoms with van der Waals surface area (Å²) in [5.74, 6) is 2.82. The van der Waals surface area contributed by atoms with Crippen LogP contribution in [0.15, 0.2) is 48.5 Å². The number of methoxy groups -OCH3 is 1. The van der Waals surface area contributed by atoms with Crippen molar-refractivity contribution in [3.63, 3.8) is 0 Å². The lowest BCUT2D eigenvalue weighted by atomic mass is 9.97. The molecule has 30 heavy (non-hydrogen) atoms. The summed E-state index contributed by atoms with van der Waals surface area (Å²) in [6.07, 6.45) is 4.12. The van der Waals surface area contributed by atoms with Crippen molar-refractivity contribution in [2.75, 3.05) is 19.4 Å². The van der Waals surface area contributed by atoms with Gasteiger partial charge in [-0.3, -0.25) is 4.79 Å². The average Bonchev–Trinajstić information content (AvgIpc) is 3.28. The molecule has 2 aromatic carbocycles. The van der Waals surface area contributed by atoms with E-state index in [1.807, 2.05) is 54.2 Å². The molecule has 1 heterocycles. The number of thioether (sulfide) groups is 1. The minimum Gasteiger partial charge on any atom is -0.493 e. The van der Waals surface area contributed by atoms with Crippen molar-refractivity contribution in [1.29, 1.82) is 0 Å². The van der Waals surface area contributed by atoms with Gasteiger partial charge in [-0.1, -0.05) is 63.1 Å². The van der Waals surface area contributed by atoms with Crippen molar-refractivity contribution in [2.24, 2.45) is 5.92 Å². The Morgan fingerprint density at radius 3 is 2.67 bits per heavy atom. The van der Waals surface area contributed by atoms with Gasteiger partial charge in [-0.2, -0.15) is 0 Å². The molecule has 0 spiro atoms. The largest absolute Gasteiger partial charge is 0.493 e. The third-order valence-electron chi connectivity index (χ3n) is 5.63. The van der Waals surface area contributed by atoms with Crippen molar-refractivity contribution >= 4 is 17.7 Å². The number of carbonyl (C=O) groups excluding carboxylic acids is 1. The molecule has 0 unspecified atom stereocenters. The number of unbranched alkanes of at least 4 members (excludes halogenated alkanes) is 1. The lowest BCUT2D eigenvalue weighted by Crippen LogP contribution is -2.35. The first-order valence-corrected chi connectivity index (χ1v) is 12.0. The van der Waals surface area contributed by atoms with Crippen molar-refractivity contribution < 1.29 is 14.3 Å². The molecule has 0 bridgehead atoms. The second-order valence-corrected chi connectivity index (χ2v) is 8.87. The van der Waals surface area contributed by atoms with Gasteiger partial charge < -0.3 is 14.4 Å². The Morgan fingerprint density at radius 1 is 1.17 bits per heavy atom. The van der Waals surface area contributed by atoms with E-state index in [9.17, 15) is 4.79 Å². The van der Waals surface area contributed by atoms with E-state index >= 15 is 0 Å². The molecule has 0 N–H and O–H groups in total. The molecule has 1 saturated heterocycles. The van der Waals surface area contributed by atoms with E-state index in [1.54, 1.807) is 7.11 Å². The maximum Gasteiger partial charge on any atom is 0.226 e. The highest BCUT2D eigenvalue weighted by molar-refractivity contribution is 7.99. The fourth-order valence-corrected chi connectivity index (χ4v) is 5.11. The van der Waals surface area contributed by atoms with Gasteiger partial charge in [0.05, 0.1) is 7.11 Å². The van der Waals surface area contributed by atoms with Crippen LogP contribution in [-0.2, 0) is 11.4 Å². The second kappa shape index (κ2) is 11.3. The minimum atomic E-state index is 0.0465. The van der Waals surface area contributed by atoms with Crippen LogP contribution < -0.4 is 9.47 Å². The summed E-state index contributed by atoms with van der Waals surface area (Å²) >= 11 is 1.83. The summed E-state index contributed by atoms with van der Waals surface area (Å²) in [6, 6.07) is 16.2. The third-order valence-corrected chi connectivity index (χ3v) is 6.89. The normalized spacial score (nSPS) is 17.0. The number of amides is 1. The number of nitrogens with zero attached hydrogens (tertiary/aromatic N) is 1. The molecule has 1 fully saturated rings. The number of hydrogen-bond donors (Lipinski definition) is 0. The van der Waals surface area contributed by atoms with Crippen molar-refractivity contribution in [3.8, 4) is 11.5 Å². The number of benzene rings is 2. The zero-order valence-electron chi connectivity index (χ0n) is 18.3. The molecule has 0 aromatic heterocycles. The molecule has 1 aliphatic rings. The first-order valence-electron chi connectivity index (χ1n) is 10.9. The van der Waals surface area contributed by atoms with Crippen LogP contribution in [-0.4, -0.2) is 30.2 Å². The summed E-state index contributed by atoms with van der Waals surface area (Å²) in [6.45, 7) is 5.61. The number of ether oxygens (including phenoxy) is 2. The maximum absolute atomic E-state index is 13.2. The molecule has 0 radical (unpaired) electrons. The number of rotatable bonds is 10. The van der Waals surface area contributed by atoms with Gasteiger partial charge in [-0.05, 0) is 36.1 Å². The highest BCUT2D eigenvalue weighted by atomic mass is 32.2. The lowest BCUT2D eigenvalue weighted by molar-refractivity contribution is -0.136. The molecular weight excluding hydrogens is 394 g/mol. The van der Waals surface area contributed by atoms with Crippen molar-refractivity contribution in [1.82, 2.24) is 4.90 Å². The molecule has 3 rings (SSSR count). The Labute approximate surface area is 184 Å². The van der Waals surface area contributed by atoms with E-state index in [0.717, 1.165) is 54.9 Å². The molecule has 2 atom stereocenters.